The lowest BCUT2D eigenvalue weighted by molar-refractivity contribution is 0.386. The highest BCUT2D eigenvalue weighted by Crippen LogP contribution is 2.26. The van der Waals surface area contributed by atoms with Crippen molar-refractivity contribution >= 4 is 22.5 Å². The Morgan fingerprint density at radius 2 is 1.86 bits per heavy atom. The molecule has 28 heavy (non-hydrogen) atoms. The van der Waals surface area contributed by atoms with Crippen LogP contribution in [0.15, 0.2) is 71.5 Å². The maximum absolute atomic E-state index is 14.3. The van der Waals surface area contributed by atoms with Crippen molar-refractivity contribution in [2.75, 3.05) is 7.11 Å². The zero-order valence-electron chi connectivity index (χ0n) is 15.0. The van der Waals surface area contributed by atoms with Crippen molar-refractivity contribution in [3.8, 4) is 17.1 Å². The lowest BCUT2D eigenvalue weighted by atomic mass is 10.1. The van der Waals surface area contributed by atoms with E-state index in [1.165, 1.54) is 19.2 Å². The van der Waals surface area contributed by atoms with Crippen molar-refractivity contribution in [3.63, 3.8) is 0 Å². The monoisotopic (exact) mass is 394 g/mol. The van der Waals surface area contributed by atoms with Crippen molar-refractivity contribution in [2.45, 2.75) is 6.54 Å². The SMILES string of the molecule is COc1ccc(-c2nc3cc(Cl)ccc3c(=O)n2Cc2ccccc2)cc1F. The molecule has 0 aliphatic carbocycles. The molecule has 0 N–H and O–H groups in total. The number of halogens is 2. The van der Waals surface area contributed by atoms with Gasteiger partial charge in [-0.15, -0.1) is 0 Å². The molecule has 0 saturated carbocycles. The van der Waals surface area contributed by atoms with Crippen LogP contribution in [0, 0.1) is 5.82 Å². The van der Waals surface area contributed by atoms with Gasteiger partial charge in [0, 0.05) is 10.6 Å². The molecular formula is C22H16ClFN2O2. The molecule has 0 bridgehead atoms. The van der Waals surface area contributed by atoms with Crippen LogP contribution in [0.2, 0.25) is 5.02 Å². The van der Waals surface area contributed by atoms with Gasteiger partial charge in [0.15, 0.2) is 11.6 Å². The Morgan fingerprint density at radius 3 is 2.57 bits per heavy atom. The van der Waals surface area contributed by atoms with Gasteiger partial charge >= 0.3 is 0 Å². The highest BCUT2D eigenvalue weighted by Gasteiger charge is 2.15. The van der Waals surface area contributed by atoms with Crippen LogP contribution >= 0.6 is 11.6 Å². The van der Waals surface area contributed by atoms with Gasteiger partial charge in [-0.1, -0.05) is 41.9 Å². The Labute approximate surface area is 165 Å². The van der Waals surface area contributed by atoms with Crippen LogP contribution in [0.5, 0.6) is 5.75 Å². The fourth-order valence-electron chi connectivity index (χ4n) is 3.13. The van der Waals surface area contributed by atoms with Gasteiger partial charge in [0.1, 0.15) is 5.82 Å². The molecule has 3 aromatic carbocycles. The molecule has 0 aliphatic rings. The number of fused-ring (bicyclic) bond motifs is 1. The lowest BCUT2D eigenvalue weighted by Gasteiger charge is -2.15. The first kappa shape index (κ1) is 18.2. The van der Waals surface area contributed by atoms with Crippen molar-refractivity contribution < 1.29 is 9.13 Å². The Kier molecular flexibility index (Phi) is 4.84. The highest BCUT2D eigenvalue weighted by atomic mass is 35.5. The summed E-state index contributed by atoms with van der Waals surface area (Å²) >= 11 is 6.08. The second-order valence-corrected chi connectivity index (χ2v) is 6.76. The van der Waals surface area contributed by atoms with E-state index in [9.17, 15) is 9.18 Å². The molecule has 0 unspecified atom stereocenters. The van der Waals surface area contributed by atoms with Crippen LogP contribution in [-0.2, 0) is 6.54 Å². The number of methoxy groups -OCH3 is 1. The molecule has 0 amide bonds. The smallest absolute Gasteiger partial charge is 0.261 e. The van der Waals surface area contributed by atoms with Crippen molar-refractivity contribution in [1.82, 2.24) is 9.55 Å². The second-order valence-electron chi connectivity index (χ2n) is 6.32. The summed E-state index contributed by atoms with van der Waals surface area (Å²) in [6.45, 7) is 0.314. The molecule has 1 heterocycles. The van der Waals surface area contributed by atoms with Crippen LogP contribution in [0.3, 0.4) is 0 Å². The van der Waals surface area contributed by atoms with Gasteiger partial charge in [0.05, 0.1) is 24.6 Å². The first-order chi connectivity index (χ1) is 13.6. The van der Waals surface area contributed by atoms with E-state index in [1.807, 2.05) is 30.3 Å². The fourth-order valence-corrected chi connectivity index (χ4v) is 3.30. The predicted molar refractivity (Wildman–Crippen MR) is 109 cm³/mol. The minimum atomic E-state index is -0.522. The summed E-state index contributed by atoms with van der Waals surface area (Å²) < 4.78 is 20.9. The maximum atomic E-state index is 14.3. The Morgan fingerprint density at radius 1 is 1.07 bits per heavy atom. The summed E-state index contributed by atoms with van der Waals surface area (Å²) in [6, 6.07) is 19.0. The molecule has 0 atom stereocenters. The molecule has 0 saturated heterocycles. The quantitative estimate of drug-likeness (QED) is 0.494. The topological polar surface area (TPSA) is 44.1 Å². The van der Waals surface area contributed by atoms with Crippen LogP contribution in [0.1, 0.15) is 5.56 Å². The van der Waals surface area contributed by atoms with Gasteiger partial charge in [0.25, 0.3) is 5.56 Å². The normalized spacial score (nSPS) is 11.0. The number of hydrogen-bond donors (Lipinski definition) is 0. The molecule has 0 spiro atoms. The zero-order valence-corrected chi connectivity index (χ0v) is 15.8. The average molecular weight is 395 g/mol. The van der Waals surface area contributed by atoms with E-state index >= 15 is 0 Å². The molecule has 0 radical (unpaired) electrons. The zero-order chi connectivity index (χ0) is 19.7. The van der Waals surface area contributed by atoms with Crippen molar-refractivity contribution in [2.24, 2.45) is 0 Å². The second kappa shape index (κ2) is 7.44. The number of aromatic nitrogens is 2. The van der Waals surface area contributed by atoms with E-state index in [0.717, 1.165) is 5.56 Å². The minimum Gasteiger partial charge on any atom is -0.494 e. The third kappa shape index (κ3) is 3.37. The van der Waals surface area contributed by atoms with E-state index in [4.69, 9.17) is 16.3 Å². The third-order valence-corrected chi connectivity index (χ3v) is 4.75. The molecule has 6 heteroatoms. The van der Waals surface area contributed by atoms with Gasteiger partial charge in [-0.2, -0.15) is 0 Å². The van der Waals surface area contributed by atoms with E-state index in [0.29, 0.717) is 33.9 Å². The van der Waals surface area contributed by atoms with Crippen molar-refractivity contribution in [1.29, 1.82) is 0 Å². The number of benzene rings is 3. The van der Waals surface area contributed by atoms with Gasteiger partial charge in [-0.05, 0) is 42.0 Å². The van der Waals surface area contributed by atoms with Crippen molar-refractivity contribution in [3.05, 3.63) is 93.5 Å². The molecule has 4 nitrogen and oxygen atoms in total. The standard InChI is InChI=1S/C22H16ClFN2O2/c1-28-20-10-7-15(11-18(20)24)21-25-19-12-16(23)8-9-17(19)22(27)26(21)13-14-5-3-2-4-6-14/h2-12H,13H2,1H3. The number of ether oxygens (including phenoxy) is 1. The van der Waals surface area contributed by atoms with Crippen LogP contribution < -0.4 is 10.3 Å². The van der Waals surface area contributed by atoms with Gasteiger partial charge in [-0.3, -0.25) is 9.36 Å². The summed E-state index contributed by atoms with van der Waals surface area (Å²) in [6.07, 6.45) is 0. The average Bonchev–Trinajstić information content (AvgIpc) is 2.70. The Bertz CT molecular complexity index is 1220. The van der Waals surface area contributed by atoms with Gasteiger partial charge in [-0.25, -0.2) is 9.37 Å². The summed E-state index contributed by atoms with van der Waals surface area (Å²) in [5.41, 5.74) is 1.67. The van der Waals surface area contributed by atoms with Crippen LogP contribution in [-0.4, -0.2) is 16.7 Å². The summed E-state index contributed by atoms with van der Waals surface area (Å²) in [7, 11) is 1.40. The van der Waals surface area contributed by atoms with Gasteiger partial charge < -0.3 is 4.74 Å². The first-order valence-corrected chi connectivity index (χ1v) is 9.02. The van der Waals surface area contributed by atoms with E-state index in [1.54, 1.807) is 28.8 Å². The van der Waals surface area contributed by atoms with Crippen LogP contribution in [0.25, 0.3) is 22.3 Å². The first-order valence-electron chi connectivity index (χ1n) is 8.65. The fraction of sp³-hybridized carbons (Fsp3) is 0.0909. The Hall–Kier alpha value is -3.18. The highest BCUT2D eigenvalue weighted by molar-refractivity contribution is 6.31. The van der Waals surface area contributed by atoms with E-state index < -0.39 is 5.82 Å². The maximum Gasteiger partial charge on any atom is 0.261 e. The van der Waals surface area contributed by atoms with Crippen LogP contribution in [0.4, 0.5) is 4.39 Å². The van der Waals surface area contributed by atoms with E-state index in [2.05, 4.69) is 4.98 Å². The molecule has 0 fully saturated rings. The Balaban J connectivity index is 1.98. The summed E-state index contributed by atoms with van der Waals surface area (Å²) in [4.78, 5) is 17.8. The predicted octanol–water partition coefficient (Wildman–Crippen LogP) is 4.91. The van der Waals surface area contributed by atoms with Gasteiger partial charge in [0.2, 0.25) is 0 Å². The molecule has 1 aromatic heterocycles. The third-order valence-electron chi connectivity index (χ3n) is 4.51. The molecule has 4 rings (SSSR count). The molecule has 140 valence electrons. The molecular weight excluding hydrogens is 379 g/mol. The van der Waals surface area contributed by atoms with E-state index in [-0.39, 0.29) is 11.3 Å². The summed E-state index contributed by atoms with van der Waals surface area (Å²) in [5, 5.41) is 0.935. The largest absolute Gasteiger partial charge is 0.494 e. The lowest BCUT2D eigenvalue weighted by Crippen LogP contribution is -2.24. The number of nitrogens with zero attached hydrogens (tertiary/aromatic N) is 2. The number of rotatable bonds is 4. The number of hydrogen-bond acceptors (Lipinski definition) is 3. The molecule has 4 aromatic rings. The summed E-state index contributed by atoms with van der Waals surface area (Å²) in [5.74, 6) is -0.0265. The molecule has 0 aliphatic heterocycles. The minimum absolute atomic E-state index is 0.129.